The maximum atomic E-state index is 12.1. The minimum absolute atomic E-state index is 0.00113. The zero-order valence-corrected chi connectivity index (χ0v) is 12.8. The number of nitrogens with one attached hydrogen (secondary N) is 1. The highest BCUT2D eigenvalue weighted by molar-refractivity contribution is 6.00. The number of carbonyl (C=O) groups is 2. The van der Waals surface area contributed by atoms with Crippen LogP contribution in [0, 0.1) is 6.92 Å². The van der Waals surface area contributed by atoms with Crippen molar-refractivity contribution in [3.63, 3.8) is 0 Å². The van der Waals surface area contributed by atoms with Gasteiger partial charge in [-0.2, -0.15) is 0 Å². The summed E-state index contributed by atoms with van der Waals surface area (Å²) in [5.74, 6) is -0.765. The topological polar surface area (TPSA) is 102 Å². The van der Waals surface area contributed by atoms with E-state index in [1.54, 1.807) is 6.92 Å². The first kappa shape index (κ1) is 15.5. The zero-order chi connectivity index (χ0) is 17.1. The summed E-state index contributed by atoms with van der Waals surface area (Å²) in [4.78, 5) is 23.8. The van der Waals surface area contributed by atoms with Crippen molar-refractivity contribution in [2.24, 2.45) is 0 Å². The van der Waals surface area contributed by atoms with Gasteiger partial charge in [0.1, 0.15) is 17.1 Å². The Labute approximate surface area is 136 Å². The Morgan fingerprint density at radius 2 is 1.92 bits per heavy atom. The highest BCUT2D eigenvalue weighted by Crippen LogP contribution is 2.25. The number of benzene rings is 2. The number of anilines is 1. The van der Waals surface area contributed by atoms with Gasteiger partial charge in [-0.1, -0.05) is 29.4 Å². The molecular formula is C17H14N2O5. The smallest absolute Gasteiger partial charge is 0.342 e. The molecule has 1 heterocycles. The molecule has 24 heavy (non-hydrogen) atoms. The summed E-state index contributed by atoms with van der Waals surface area (Å²) < 4.78 is 9.74. The van der Waals surface area contributed by atoms with Gasteiger partial charge in [0.25, 0.3) is 5.91 Å². The van der Waals surface area contributed by atoms with Crippen molar-refractivity contribution in [1.82, 2.24) is 5.16 Å². The van der Waals surface area contributed by atoms with Crippen molar-refractivity contribution in [3.05, 3.63) is 53.8 Å². The van der Waals surface area contributed by atoms with Gasteiger partial charge < -0.3 is 19.7 Å². The number of nitrogens with zero attached hydrogens (tertiary/aromatic N) is 1. The van der Waals surface area contributed by atoms with Crippen LogP contribution in [-0.2, 0) is 9.53 Å². The lowest BCUT2D eigenvalue weighted by Gasteiger charge is -2.07. The minimum atomic E-state index is -0.787. The number of hydrogen-bond donors (Lipinski definition) is 2. The molecule has 0 saturated heterocycles. The highest BCUT2D eigenvalue weighted by atomic mass is 16.5. The van der Waals surface area contributed by atoms with Gasteiger partial charge >= 0.3 is 5.97 Å². The molecule has 2 aromatic carbocycles. The predicted molar refractivity (Wildman–Crippen MR) is 85.8 cm³/mol. The van der Waals surface area contributed by atoms with Gasteiger partial charge in [-0.05, 0) is 29.8 Å². The Morgan fingerprint density at radius 1 is 1.21 bits per heavy atom. The van der Waals surface area contributed by atoms with Gasteiger partial charge in [0, 0.05) is 6.07 Å². The van der Waals surface area contributed by atoms with E-state index in [1.165, 1.54) is 18.2 Å². The molecule has 3 aromatic rings. The van der Waals surface area contributed by atoms with Crippen molar-refractivity contribution in [2.75, 3.05) is 11.9 Å². The Kier molecular flexibility index (Phi) is 4.15. The van der Waals surface area contributed by atoms with Gasteiger partial charge in [0.05, 0.1) is 0 Å². The number of ether oxygens (including phenoxy) is 1. The van der Waals surface area contributed by atoms with Gasteiger partial charge in [-0.25, -0.2) is 4.79 Å². The molecule has 0 unspecified atom stereocenters. The molecule has 2 N–H and O–H groups in total. The summed E-state index contributed by atoms with van der Waals surface area (Å²) in [6, 6.07) is 11.8. The molecule has 7 heteroatoms. The van der Waals surface area contributed by atoms with Crippen molar-refractivity contribution in [1.29, 1.82) is 0 Å². The molecule has 122 valence electrons. The average molecular weight is 326 g/mol. The van der Waals surface area contributed by atoms with Crippen LogP contribution < -0.4 is 5.32 Å². The van der Waals surface area contributed by atoms with Crippen LogP contribution in [-0.4, -0.2) is 28.7 Å². The highest BCUT2D eigenvalue weighted by Gasteiger charge is 2.16. The fourth-order valence-corrected chi connectivity index (χ4v) is 2.20. The van der Waals surface area contributed by atoms with E-state index in [9.17, 15) is 14.7 Å². The quantitative estimate of drug-likeness (QED) is 0.715. The number of esters is 1. The number of rotatable bonds is 4. The molecule has 1 aromatic heterocycles. The number of phenols is 1. The van der Waals surface area contributed by atoms with Crippen LogP contribution in [0.3, 0.4) is 0 Å². The second kappa shape index (κ2) is 6.41. The Hall–Kier alpha value is -3.35. The summed E-state index contributed by atoms with van der Waals surface area (Å²) in [6.07, 6.45) is 0. The second-order valence-electron chi connectivity index (χ2n) is 5.16. The number of aromatic nitrogens is 1. The summed E-state index contributed by atoms with van der Waals surface area (Å²) in [7, 11) is 0. The number of aromatic hydroxyl groups is 1. The van der Waals surface area contributed by atoms with Crippen molar-refractivity contribution in [2.45, 2.75) is 6.92 Å². The average Bonchev–Trinajstić information content (AvgIpc) is 2.96. The number of carbonyl (C=O) groups excluding carboxylic acids is 2. The summed E-state index contributed by atoms with van der Waals surface area (Å²) in [5, 5.41) is 17.6. The molecule has 0 spiro atoms. The maximum absolute atomic E-state index is 12.1. The fraction of sp³-hybridized carbons (Fsp3) is 0.118. The van der Waals surface area contributed by atoms with Crippen LogP contribution in [0.25, 0.3) is 10.8 Å². The molecule has 7 nitrogen and oxygen atoms in total. The lowest BCUT2D eigenvalue weighted by Crippen LogP contribution is -2.21. The molecule has 0 fully saturated rings. The summed E-state index contributed by atoms with van der Waals surface area (Å²) >= 11 is 0. The van der Waals surface area contributed by atoms with E-state index in [0.29, 0.717) is 5.76 Å². The normalized spacial score (nSPS) is 10.5. The van der Waals surface area contributed by atoms with Gasteiger partial charge in [0.2, 0.25) is 0 Å². The first-order valence-corrected chi connectivity index (χ1v) is 7.15. The monoisotopic (exact) mass is 326 g/mol. The zero-order valence-electron chi connectivity index (χ0n) is 12.8. The third-order valence-electron chi connectivity index (χ3n) is 3.31. The third-order valence-corrected chi connectivity index (χ3v) is 3.31. The summed E-state index contributed by atoms with van der Waals surface area (Å²) in [5.41, 5.74) is -0.00113. The number of amides is 1. The van der Waals surface area contributed by atoms with E-state index in [-0.39, 0.29) is 17.1 Å². The molecule has 0 saturated carbocycles. The van der Waals surface area contributed by atoms with Crippen LogP contribution in [0.5, 0.6) is 5.75 Å². The van der Waals surface area contributed by atoms with Crippen LogP contribution >= 0.6 is 0 Å². The lowest BCUT2D eigenvalue weighted by molar-refractivity contribution is -0.119. The summed E-state index contributed by atoms with van der Waals surface area (Å²) in [6.45, 7) is 1.18. The predicted octanol–water partition coefficient (Wildman–Crippen LogP) is 2.64. The SMILES string of the molecule is Cc1cc(NC(=O)COC(=O)c2cc3ccccc3cc2O)no1. The largest absolute Gasteiger partial charge is 0.507 e. The van der Waals surface area contributed by atoms with Crippen LogP contribution in [0.1, 0.15) is 16.1 Å². The molecule has 0 aliphatic heterocycles. The Balaban J connectivity index is 1.66. The Morgan fingerprint density at radius 3 is 2.58 bits per heavy atom. The van der Waals surface area contributed by atoms with E-state index in [0.717, 1.165) is 10.8 Å². The Bertz CT molecular complexity index is 916. The molecule has 0 aliphatic carbocycles. The van der Waals surface area contributed by atoms with Gasteiger partial charge in [0.15, 0.2) is 12.4 Å². The van der Waals surface area contributed by atoms with E-state index >= 15 is 0 Å². The molecule has 0 bridgehead atoms. The number of phenolic OH excluding ortho intramolecular Hbond substituents is 1. The van der Waals surface area contributed by atoms with E-state index < -0.39 is 18.5 Å². The van der Waals surface area contributed by atoms with Crippen LogP contribution in [0.15, 0.2) is 47.0 Å². The third kappa shape index (κ3) is 3.35. The number of hydrogen-bond acceptors (Lipinski definition) is 6. The molecule has 1 amide bonds. The van der Waals surface area contributed by atoms with Crippen molar-refractivity contribution < 1.29 is 24.0 Å². The molecule has 3 rings (SSSR count). The fourth-order valence-electron chi connectivity index (χ4n) is 2.20. The minimum Gasteiger partial charge on any atom is -0.507 e. The first-order valence-electron chi connectivity index (χ1n) is 7.15. The van der Waals surface area contributed by atoms with Gasteiger partial charge in [-0.3, -0.25) is 4.79 Å². The van der Waals surface area contributed by atoms with E-state index in [1.807, 2.05) is 24.3 Å². The van der Waals surface area contributed by atoms with E-state index in [4.69, 9.17) is 9.26 Å². The molecule has 0 radical (unpaired) electrons. The number of fused-ring (bicyclic) bond motifs is 1. The number of aryl methyl sites for hydroxylation is 1. The molecular weight excluding hydrogens is 312 g/mol. The van der Waals surface area contributed by atoms with Crippen LogP contribution in [0.2, 0.25) is 0 Å². The van der Waals surface area contributed by atoms with Gasteiger partial charge in [-0.15, -0.1) is 0 Å². The van der Waals surface area contributed by atoms with Crippen molar-refractivity contribution >= 4 is 28.5 Å². The lowest BCUT2D eigenvalue weighted by atomic mass is 10.1. The maximum Gasteiger partial charge on any atom is 0.342 e. The van der Waals surface area contributed by atoms with Crippen LogP contribution in [0.4, 0.5) is 5.82 Å². The van der Waals surface area contributed by atoms with E-state index in [2.05, 4.69) is 10.5 Å². The standard InChI is InChI=1S/C17H14N2O5/c1-10-6-15(19-24-10)18-16(21)9-23-17(22)13-7-11-4-2-3-5-12(11)8-14(13)20/h2-8,20H,9H2,1H3,(H,18,19,21). The van der Waals surface area contributed by atoms with Crippen molar-refractivity contribution in [3.8, 4) is 5.75 Å². The second-order valence-corrected chi connectivity index (χ2v) is 5.16. The molecule has 0 atom stereocenters. The molecule has 0 aliphatic rings. The first-order chi connectivity index (χ1) is 11.5.